The molecule has 0 heterocycles. The van der Waals surface area contributed by atoms with E-state index < -0.39 is 0 Å². The molecular formula is C13H16ClNO3. The molecule has 0 unspecified atom stereocenters. The number of carbonyl (C=O) groups is 1. The van der Waals surface area contributed by atoms with Crippen molar-refractivity contribution in [3.63, 3.8) is 0 Å². The molecule has 0 spiro atoms. The number of benzene rings is 1. The van der Waals surface area contributed by atoms with Crippen LogP contribution in [-0.4, -0.2) is 29.5 Å². The number of phenols is 1. The Bertz CT molecular complexity index is 452. The van der Waals surface area contributed by atoms with Crippen LogP contribution in [0.4, 0.5) is 0 Å². The van der Waals surface area contributed by atoms with Crippen LogP contribution in [0.15, 0.2) is 18.2 Å². The third-order valence-corrected chi connectivity index (χ3v) is 3.90. The fourth-order valence-electron chi connectivity index (χ4n) is 2.04. The van der Waals surface area contributed by atoms with E-state index in [1.807, 2.05) is 0 Å². The number of alkyl halides is 1. The second-order valence-electron chi connectivity index (χ2n) is 4.61. The number of carbonyl (C=O) groups excluding carboxylic acids is 1. The van der Waals surface area contributed by atoms with Gasteiger partial charge in [-0.25, -0.2) is 0 Å². The van der Waals surface area contributed by atoms with Crippen LogP contribution in [-0.2, 0) is 0 Å². The standard InChI is InChI=1S/C13H16ClNO3/c1-18-11-4-3-9(7-10(11)16)12(17)15-13(8-14)5-2-6-13/h3-4,7,16H,2,5-6,8H2,1H3,(H,15,17). The number of nitrogens with one attached hydrogen (secondary N) is 1. The minimum absolute atomic E-state index is 0.0429. The van der Waals surface area contributed by atoms with Crippen molar-refractivity contribution in [2.24, 2.45) is 0 Å². The summed E-state index contributed by atoms with van der Waals surface area (Å²) in [6, 6.07) is 4.58. The van der Waals surface area contributed by atoms with Crippen LogP contribution in [0, 0.1) is 0 Å². The molecule has 1 saturated carbocycles. The largest absolute Gasteiger partial charge is 0.504 e. The number of halogens is 1. The first-order valence-electron chi connectivity index (χ1n) is 5.86. The van der Waals surface area contributed by atoms with E-state index >= 15 is 0 Å². The van der Waals surface area contributed by atoms with E-state index in [-0.39, 0.29) is 17.2 Å². The Labute approximate surface area is 111 Å². The Morgan fingerprint density at radius 3 is 2.72 bits per heavy atom. The molecule has 2 N–H and O–H groups in total. The Hall–Kier alpha value is -1.42. The smallest absolute Gasteiger partial charge is 0.251 e. The van der Waals surface area contributed by atoms with Crippen molar-refractivity contribution in [2.75, 3.05) is 13.0 Å². The lowest BCUT2D eigenvalue weighted by Crippen LogP contribution is -2.55. The maximum Gasteiger partial charge on any atom is 0.251 e. The zero-order chi connectivity index (χ0) is 13.2. The fourth-order valence-corrected chi connectivity index (χ4v) is 2.37. The van der Waals surface area contributed by atoms with Gasteiger partial charge in [0.15, 0.2) is 11.5 Å². The van der Waals surface area contributed by atoms with E-state index in [0.29, 0.717) is 17.2 Å². The summed E-state index contributed by atoms with van der Waals surface area (Å²) in [5, 5.41) is 12.6. The molecule has 0 aromatic heterocycles. The molecule has 0 radical (unpaired) electrons. The Kier molecular flexibility index (Phi) is 3.66. The summed E-state index contributed by atoms with van der Waals surface area (Å²) in [4.78, 5) is 12.0. The van der Waals surface area contributed by atoms with Gasteiger partial charge in [-0.1, -0.05) is 0 Å². The first-order chi connectivity index (χ1) is 8.60. The van der Waals surface area contributed by atoms with Gasteiger partial charge in [-0.3, -0.25) is 4.79 Å². The minimum atomic E-state index is -0.270. The second kappa shape index (κ2) is 5.06. The van der Waals surface area contributed by atoms with Crippen molar-refractivity contribution in [1.29, 1.82) is 0 Å². The lowest BCUT2D eigenvalue weighted by atomic mass is 9.78. The number of ether oxygens (including phenoxy) is 1. The predicted octanol–water partition coefficient (Wildman–Crippen LogP) is 2.29. The minimum Gasteiger partial charge on any atom is -0.504 e. The molecule has 1 fully saturated rings. The molecule has 1 aliphatic carbocycles. The van der Waals surface area contributed by atoms with Gasteiger partial charge in [0.2, 0.25) is 0 Å². The molecule has 0 atom stereocenters. The topological polar surface area (TPSA) is 58.6 Å². The first-order valence-corrected chi connectivity index (χ1v) is 6.39. The van der Waals surface area contributed by atoms with Crippen molar-refractivity contribution in [3.8, 4) is 11.5 Å². The molecule has 98 valence electrons. The highest BCUT2D eigenvalue weighted by atomic mass is 35.5. The van der Waals surface area contributed by atoms with Gasteiger partial charge in [0.05, 0.1) is 12.6 Å². The zero-order valence-corrected chi connectivity index (χ0v) is 11.0. The summed E-state index contributed by atoms with van der Waals surface area (Å²) in [6.07, 6.45) is 2.90. The Morgan fingerprint density at radius 2 is 2.28 bits per heavy atom. The lowest BCUT2D eigenvalue weighted by Gasteiger charge is -2.41. The highest BCUT2D eigenvalue weighted by molar-refractivity contribution is 6.19. The average molecular weight is 270 g/mol. The van der Waals surface area contributed by atoms with Crippen LogP contribution in [0.5, 0.6) is 11.5 Å². The third-order valence-electron chi connectivity index (χ3n) is 3.39. The van der Waals surface area contributed by atoms with Crippen LogP contribution in [0.25, 0.3) is 0 Å². The number of phenolic OH excluding ortho intramolecular Hbond substituents is 1. The summed E-state index contributed by atoms with van der Waals surface area (Å²) >= 11 is 5.89. The summed E-state index contributed by atoms with van der Waals surface area (Å²) in [5.41, 5.74) is 0.137. The molecule has 0 bridgehead atoms. The van der Waals surface area contributed by atoms with Crippen LogP contribution in [0.2, 0.25) is 0 Å². The predicted molar refractivity (Wildman–Crippen MR) is 69.4 cm³/mol. The normalized spacial score (nSPS) is 16.8. The molecule has 1 aromatic rings. The Balaban J connectivity index is 2.11. The van der Waals surface area contributed by atoms with E-state index in [9.17, 15) is 9.90 Å². The van der Waals surface area contributed by atoms with E-state index in [0.717, 1.165) is 19.3 Å². The van der Waals surface area contributed by atoms with Crippen molar-refractivity contribution in [2.45, 2.75) is 24.8 Å². The van der Waals surface area contributed by atoms with Crippen molar-refractivity contribution in [3.05, 3.63) is 23.8 Å². The highest BCUT2D eigenvalue weighted by Crippen LogP contribution is 2.33. The molecule has 0 aliphatic heterocycles. The van der Waals surface area contributed by atoms with E-state index in [1.54, 1.807) is 12.1 Å². The summed E-state index contributed by atoms with van der Waals surface area (Å²) in [5.74, 6) is 0.509. The van der Waals surface area contributed by atoms with E-state index in [4.69, 9.17) is 16.3 Å². The number of hydrogen-bond donors (Lipinski definition) is 2. The van der Waals surface area contributed by atoms with Gasteiger partial charge < -0.3 is 15.2 Å². The third kappa shape index (κ3) is 2.38. The molecule has 5 heteroatoms. The van der Waals surface area contributed by atoms with Gasteiger partial charge >= 0.3 is 0 Å². The van der Waals surface area contributed by atoms with Crippen molar-refractivity contribution in [1.82, 2.24) is 5.32 Å². The van der Waals surface area contributed by atoms with Crippen molar-refractivity contribution >= 4 is 17.5 Å². The molecule has 1 aliphatic rings. The quantitative estimate of drug-likeness (QED) is 0.825. The summed E-state index contributed by atoms with van der Waals surface area (Å²) in [6.45, 7) is 0. The molecule has 1 amide bonds. The monoisotopic (exact) mass is 269 g/mol. The highest BCUT2D eigenvalue weighted by Gasteiger charge is 2.37. The van der Waals surface area contributed by atoms with E-state index in [2.05, 4.69) is 5.32 Å². The number of methoxy groups -OCH3 is 1. The van der Waals surface area contributed by atoms with Gasteiger partial charge in [-0.2, -0.15) is 0 Å². The number of amides is 1. The lowest BCUT2D eigenvalue weighted by molar-refractivity contribution is 0.0853. The fraction of sp³-hybridized carbons (Fsp3) is 0.462. The van der Waals surface area contributed by atoms with Gasteiger partial charge in [0.1, 0.15) is 0 Å². The first kappa shape index (κ1) is 13.0. The van der Waals surface area contributed by atoms with Gasteiger partial charge in [0, 0.05) is 11.4 Å². The maximum absolute atomic E-state index is 12.0. The second-order valence-corrected chi connectivity index (χ2v) is 4.88. The van der Waals surface area contributed by atoms with Gasteiger partial charge in [-0.05, 0) is 37.5 Å². The van der Waals surface area contributed by atoms with Crippen LogP contribution >= 0.6 is 11.6 Å². The van der Waals surface area contributed by atoms with Crippen LogP contribution in [0.1, 0.15) is 29.6 Å². The summed E-state index contributed by atoms with van der Waals surface area (Å²) in [7, 11) is 1.46. The van der Waals surface area contributed by atoms with Crippen LogP contribution < -0.4 is 10.1 Å². The summed E-state index contributed by atoms with van der Waals surface area (Å²) < 4.78 is 4.93. The zero-order valence-electron chi connectivity index (χ0n) is 10.2. The molecular weight excluding hydrogens is 254 g/mol. The number of rotatable bonds is 4. The molecule has 2 rings (SSSR count). The number of hydrogen-bond acceptors (Lipinski definition) is 3. The SMILES string of the molecule is COc1ccc(C(=O)NC2(CCl)CCC2)cc1O. The average Bonchev–Trinajstić information content (AvgIpc) is 2.33. The van der Waals surface area contributed by atoms with E-state index in [1.165, 1.54) is 13.2 Å². The molecule has 0 saturated heterocycles. The maximum atomic E-state index is 12.0. The van der Waals surface area contributed by atoms with Gasteiger partial charge in [-0.15, -0.1) is 11.6 Å². The van der Waals surface area contributed by atoms with Crippen molar-refractivity contribution < 1.29 is 14.6 Å². The number of aromatic hydroxyl groups is 1. The molecule has 18 heavy (non-hydrogen) atoms. The molecule has 1 aromatic carbocycles. The Morgan fingerprint density at radius 1 is 1.56 bits per heavy atom. The molecule has 4 nitrogen and oxygen atoms in total. The van der Waals surface area contributed by atoms with Crippen LogP contribution in [0.3, 0.4) is 0 Å². The van der Waals surface area contributed by atoms with Gasteiger partial charge in [0.25, 0.3) is 5.91 Å².